The minimum absolute atomic E-state index is 0.201. The molecule has 0 saturated carbocycles. The third kappa shape index (κ3) is 22.5. The number of nitrogens with zero attached hydrogens (tertiary/aromatic N) is 1. The summed E-state index contributed by atoms with van der Waals surface area (Å²) in [6.07, 6.45) is 1.12. The maximum atomic E-state index is 9.69. The van der Waals surface area contributed by atoms with Crippen LogP contribution in [0.5, 0.6) is 0 Å². The van der Waals surface area contributed by atoms with Crippen LogP contribution < -0.4 is 11.5 Å². The summed E-state index contributed by atoms with van der Waals surface area (Å²) in [4.78, 5) is 32.0. The topological polar surface area (TPSA) is 176 Å². The molecule has 0 heterocycles. The first-order valence-corrected chi connectivity index (χ1v) is 3.66. The Morgan fingerprint density at radius 1 is 1.00 bits per heavy atom. The lowest BCUT2D eigenvalue weighted by atomic mass is 10.5. The Morgan fingerprint density at radius 3 is 1.50 bits per heavy atom. The van der Waals surface area contributed by atoms with E-state index in [-0.39, 0.29) is 12.5 Å². The fourth-order valence-electron chi connectivity index (χ4n) is 0.301. The molecule has 0 atom stereocenters. The van der Waals surface area contributed by atoms with Crippen molar-refractivity contribution in [1.82, 2.24) is 0 Å². The normalized spacial score (nSPS) is 8.75. The van der Waals surface area contributed by atoms with Crippen molar-refractivity contribution in [2.75, 3.05) is 6.54 Å². The first-order valence-electron chi connectivity index (χ1n) is 3.66. The summed E-state index contributed by atoms with van der Waals surface area (Å²) in [5, 5.41) is 23.6. The highest BCUT2D eigenvalue weighted by Crippen LogP contribution is 1.70. The maximum Gasteiger partial charge on any atom is 0.328 e. The molecule has 0 fully saturated rings. The van der Waals surface area contributed by atoms with Crippen molar-refractivity contribution < 1.29 is 29.7 Å². The molecule has 0 bridgehead atoms. The SMILES string of the molecule is NC(N)=NCC(=O)O.O=C(O)/C=C\C(=O)O. The van der Waals surface area contributed by atoms with E-state index in [9.17, 15) is 14.4 Å². The molecule has 0 aromatic carbocycles. The maximum absolute atomic E-state index is 9.69. The Morgan fingerprint density at radius 2 is 1.38 bits per heavy atom. The Kier molecular flexibility index (Phi) is 8.92. The molecule has 0 unspecified atom stereocenters. The minimum atomic E-state index is -1.26. The monoisotopic (exact) mass is 233 g/mol. The van der Waals surface area contributed by atoms with Gasteiger partial charge in [0.1, 0.15) is 6.54 Å². The van der Waals surface area contributed by atoms with E-state index >= 15 is 0 Å². The zero-order valence-electron chi connectivity index (χ0n) is 8.03. The molecule has 0 aliphatic rings. The van der Waals surface area contributed by atoms with E-state index in [2.05, 4.69) is 4.99 Å². The van der Waals surface area contributed by atoms with Gasteiger partial charge in [-0.2, -0.15) is 0 Å². The van der Waals surface area contributed by atoms with Crippen LogP contribution in [0.25, 0.3) is 0 Å². The van der Waals surface area contributed by atoms with Crippen molar-refractivity contribution in [2.45, 2.75) is 0 Å². The van der Waals surface area contributed by atoms with Crippen LogP contribution in [-0.4, -0.2) is 45.7 Å². The summed E-state index contributed by atoms with van der Waals surface area (Å²) in [6.45, 7) is -0.359. The number of carboxylic acids is 3. The van der Waals surface area contributed by atoms with E-state index in [0.29, 0.717) is 12.2 Å². The Balaban J connectivity index is 0. The van der Waals surface area contributed by atoms with Crippen molar-refractivity contribution in [3.63, 3.8) is 0 Å². The van der Waals surface area contributed by atoms with Crippen LogP contribution in [0.2, 0.25) is 0 Å². The van der Waals surface area contributed by atoms with Crippen LogP contribution in [0.1, 0.15) is 0 Å². The van der Waals surface area contributed by atoms with Gasteiger partial charge in [0.05, 0.1) is 0 Å². The molecule has 0 rings (SSSR count). The summed E-state index contributed by atoms with van der Waals surface area (Å²) < 4.78 is 0. The number of aliphatic carboxylic acids is 3. The Bertz CT molecular complexity index is 302. The molecule has 7 N–H and O–H groups in total. The molecule has 0 aromatic heterocycles. The van der Waals surface area contributed by atoms with E-state index in [4.69, 9.17) is 26.8 Å². The van der Waals surface area contributed by atoms with Crippen molar-refractivity contribution in [3.8, 4) is 0 Å². The van der Waals surface area contributed by atoms with Gasteiger partial charge in [-0.15, -0.1) is 0 Å². The minimum Gasteiger partial charge on any atom is -0.480 e. The number of hydrogen-bond donors (Lipinski definition) is 5. The smallest absolute Gasteiger partial charge is 0.328 e. The van der Waals surface area contributed by atoms with Crippen LogP contribution in [0.3, 0.4) is 0 Å². The highest BCUT2D eigenvalue weighted by atomic mass is 16.4. The van der Waals surface area contributed by atoms with Crippen molar-refractivity contribution in [3.05, 3.63) is 12.2 Å². The third-order valence-corrected chi connectivity index (χ3v) is 0.765. The zero-order valence-corrected chi connectivity index (χ0v) is 8.03. The van der Waals surface area contributed by atoms with Gasteiger partial charge in [0.25, 0.3) is 0 Å². The second kappa shape index (κ2) is 8.99. The molecule has 0 aromatic rings. The molecule has 9 heteroatoms. The summed E-state index contributed by atoms with van der Waals surface area (Å²) in [6, 6.07) is 0. The van der Waals surface area contributed by atoms with E-state index in [1.807, 2.05) is 0 Å². The second-order valence-electron chi connectivity index (χ2n) is 2.14. The highest BCUT2D eigenvalue weighted by molar-refractivity contribution is 5.89. The van der Waals surface area contributed by atoms with Gasteiger partial charge in [-0.25, -0.2) is 14.6 Å². The standard InChI is InChI=1S/C4H4O4.C3H7N3O2/c5-3(6)1-2-4(7)8;4-3(5)6-1-2(7)8/h1-2H,(H,5,6)(H,7,8);1H2,(H,7,8)(H4,4,5,6)/b2-1-;. The van der Waals surface area contributed by atoms with Gasteiger partial charge in [0.15, 0.2) is 5.96 Å². The van der Waals surface area contributed by atoms with Gasteiger partial charge >= 0.3 is 17.9 Å². The van der Waals surface area contributed by atoms with Crippen LogP contribution >= 0.6 is 0 Å². The van der Waals surface area contributed by atoms with Crippen LogP contribution in [0.15, 0.2) is 17.1 Å². The molecule has 0 aliphatic carbocycles. The molecule has 0 saturated heterocycles. The number of hydrogen-bond acceptors (Lipinski definition) is 4. The largest absolute Gasteiger partial charge is 0.480 e. The van der Waals surface area contributed by atoms with Gasteiger partial charge in [-0.3, -0.25) is 4.79 Å². The predicted molar refractivity (Wildman–Crippen MR) is 52.7 cm³/mol. The summed E-state index contributed by atoms with van der Waals surface area (Å²) >= 11 is 0. The molecule has 0 radical (unpaired) electrons. The van der Waals surface area contributed by atoms with Crippen molar-refractivity contribution in [1.29, 1.82) is 0 Å². The fourth-order valence-corrected chi connectivity index (χ4v) is 0.301. The number of guanidine groups is 1. The van der Waals surface area contributed by atoms with Gasteiger partial charge in [0, 0.05) is 12.2 Å². The zero-order chi connectivity index (χ0) is 13.1. The van der Waals surface area contributed by atoms with E-state index in [1.165, 1.54) is 0 Å². The molecule has 0 spiro atoms. The number of nitrogens with two attached hydrogens (primary N) is 2. The number of aliphatic imine (C=N–C) groups is 1. The average molecular weight is 233 g/mol. The van der Waals surface area contributed by atoms with Crippen LogP contribution in [0.4, 0.5) is 0 Å². The van der Waals surface area contributed by atoms with Gasteiger partial charge < -0.3 is 26.8 Å². The number of carbonyl (C=O) groups is 3. The van der Waals surface area contributed by atoms with Gasteiger partial charge in [-0.1, -0.05) is 0 Å². The van der Waals surface area contributed by atoms with Crippen molar-refractivity contribution >= 4 is 23.9 Å². The molecular weight excluding hydrogens is 222 g/mol. The Hall–Kier alpha value is -2.58. The van der Waals surface area contributed by atoms with Crippen LogP contribution in [0, 0.1) is 0 Å². The fraction of sp³-hybridized carbons (Fsp3) is 0.143. The predicted octanol–water partition coefficient (Wildman–Crippen LogP) is -1.94. The van der Waals surface area contributed by atoms with Gasteiger partial charge in [-0.05, 0) is 0 Å². The molecule has 90 valence electrons. The molecule has 0 aliphatic heterocycles. The quantitative estimate of drug-likeness (QED) is 0.211. The molecule has 16 heavy (non-hydrogen) atoms. The lowest BCUT2D eigenvalue weighted by molar-refractivity contribution is -0.135. The van der Waals surface area contributed by atoms with Crippen molar-refractivity contribution in [2.24, 2.45) is 16.5 Å². The third-order valence-electron chi connectivity index (χ3n) is 0.765. The average Bonchev–Trinajstić information content (AvgIpc) is 2.12. The number of rotatable bonds is 4. The first kappa shape index (κ1) is 15.9. The van der Waals surface area contributed by atoms with E-state index in [0.717, 1.165) is 0 Å². The second-order valence-corrected chi connectivity index (χ2v) is 2.14. The summed E-state index contributed by atoms with van der Waals surface area (Å²) in [5.74, 6) is -3.76. The van der Waals surface area contributed by atoms with Gasteiger partial charge in [0.2, 0.25) is 0 Å². The van der Waals surface area contributed by atoms with E-state index in [1.54, 1.807) is 0 Å². The van der Waals surface area contributed by atoms with E-state index < -0.39 is 17.9 Å². The summed E-state index contributed by atoms with van der Waals surface area (Å²) in [7, 11) is 0. The lowest BCUT2D eigenvalue weighted by Gasteiger charge is -1.85. The molecular formula is C7H11N3O6. The number of carboxylic acid groups (broad SMARTS) is 3. The Labute approximate surface area is 89.7 Å². The molecule has 9 nitrogen and oxygen atoms in total. The summed E-state index contributed by atoms with van der Waals surface area (Å²) in [5.41, 5.74) is 9.61. The molecule has 0 amide bonds. The lowest BCUT2D eigenvalue weighted by Crippen LogP contribution is -2.24. The highest BCUT2D eigenvalue weighted by Gasteiger charge is 1.90. The van der Waals surface area contributed by atoms with Crippen LogP contribution in [-0.2, 0) is 14.4 Å². The first-order chi connectivity index (χ1) is 7.25.